The fourth-order valence-electron chi connectivity index (χ4n) is 0.361. The molecule has 0 atom stereocenters. The van der Waals surface area contributed by atoms with Gasteiger partial charge in [0.05, 0.1) is 0 Å². The zero-order chi connectivity index (χ0) is 4.41. The summed E-state index contributed by atoms with van der Waals surface area (Å²) in [6.45, 7) is 2.10. The highest BCUT2D eigenvalue weighted by Crippen LogP contribution is 2.03. The minimum atomic E-state index is 0. The molecule has 7 heavy (non-hydrogen) atoms. The van der Waals surface area contributed by atoms with Gasteiger partial charge in [0.15, 0.2) is 0 Å². The van der Waals surface area contributed by atoms with E-state index in [2.05, 4.69) is 24.4 Å². The molecule has 1 heterocycles. The maximum absolute atomic E-state index is 2.10. The largest absolute Gasteiger partial charge is 0.149 e. The zero-order valence-corrected chi connectivity index (χ0v) is 5.03. The van der Waals surface area contributed by atoms with E-state index in [1.807, 2.05) is 0 Å². The molecule has 0 aliphatic rings. The molecular formula is C5H6BS. The van der Waals surface area contributed by atoms with Gasteiger partial charge in [-0.2, -0.15) is 0 Å². The summed E-state index contributed by atoms with van der Waals surface area (Å²) in [5.74, 6) is 0. The number of thiophene rings is 1. The van der Waals surface area contributed by atoms with Crippen LogP contribution in [-0.2, 0) is 0 Å². The first-order chi connectivity index (χ1) is 2.89. The van der Waals surface area contributed by atoms with Crippen molar-refractivity contribution in [1.29, 1.82) is 0 Å². The van der Waals surface area contributed by atoms with Gasteiger partial charge in [0, 0.05) is 13.3 Å². The van der Waals surface area contributed by atoms with Gasteiger partial charge < -0.3 is 0 Å². The van der Waals surface area contributed by atoms with Gasteiger partial charge in [-0.25, -0.2) is 0 Å². The molecular weight excluding hydrogens is 103 g/mol. The molecule has 3 radical (unpaired) electrons. The van der Waals surface area contributed by atoms with E-state index in [0.717, 1.165) is 0 Å². The van der Waals surface area contributed by atoms with E-state index >= 15 is 0 Å². The van der Waals surface area contributed by atoms with Gasteiger partial charge in [0.25, 0.3) is 0 Å². The first-order valence-corrected chi connectivity index (χ1v) is 2.77. The molecule has 0 aliphatic heterocycles. The second-order valence-electron chi connectivity index (χ2n) is 1.22. The maximum Gasteiger partial charge on any atom is 0.00141 e. The number of hydrogen-bond donors (Lipinski definition) is 0. The Hall–Kier alpha value is -0.235. The molecule has 0 saturated carbocycles. The minimum Gasteiger partial charge on any atom is -0.149 e. The number of rotatable bonds is 0. The second kappa shape index (κ2) is 2.86. The van der Waals surface area contributed by atoms with E-state index < -0.39 is 0 Å². The Kier molecular flexibility index (Phi) is 2.76. The summed E-state index contributed by atoms with van der Waals surface area (Å²) in [5.41, 5.74) is 0. The Bertz CT molecular complexity index is 112. The summed E-state index contributed by atoms with van der Waals surface area (Å²) in [6, 6.07) is 4.16. The lowest BCUT2D eigenvalue weighted by Gasteiger charge is -1.65. The topological polar surface area (TPSA) is 0 Å². The molecule has 0 fully saturated rings. The lowest BCUT2D eigenvalue weighted by Crippen LogP contribution is -1.42. The van der Waals surface area contributed by atoms with Crippen molar-refractivity contribution in [2.24, 2.45) is 0 Å². The van der Waals surface area contributed by atoms with Crippen molar-refractivity contribution in [2.75, 3.05) is 0 Å². The molecule has 0 nitrogen and oxygen atoms in total. The minimum absolute atomic E-state index is 0. The van der Waals surface area contributed by atoms with Crippen LogP contribution in [0.25, 0.3) is 0 Å². The summed E-state index contributed by atoms with van der Waals surface area (Å²) in [7, 11) is 0. The highest BCUT2D eigenvalue weighted by atomic mass is 32.1. The van der Waals surface area contributed by atoms with Gasteiger partial charge in [0.1, 0.15) is 0 Å². The quantitative estimate of drug-likeness (QED) is 0.444. The Morgan fingerprint density at radius 2 is 2.29 bits per heavy atom. The predicted octanol–water partition coefficient (Wildman–Crippen LogP) is 1.68. The molecule has 1 aromatic rings. The molecule has 2 heteroatoms. The monoisotopic (exact) mass is 109 g/mol. The summed E-state index contributed by atoms with van der Waals surface area (Å²) < 4.78 is 0. The highest BCUT2D eigenvalue weighted by Gasteiger charge is 1.74. The van der Waals surface area contributed by atoms with Crippen LogP contribution in [0.1, 0.15) is 4.88 Å². The lowest BCUT2D eigenvalue weighted by atomic mass is 10.5. The fourth-order valence-corrected chi connectivity index (χ4v) is 0.890. The lowest BCUT2D eigenvalue weighted by molar-refractivity contribution is 1.64. The molecule has 0 aliphatic carbocycles. The van der Waals surface area contributed by atoms with E-state index in [-0.39, 0.29) is 8.41 Å². The molecule has 1 rings (SSSR count). The van der Waals surface area contributed by atoms with Crippen LogP contribution in [0.15, 0.2) is 17.5 Å². The Balaban J connectivity index is 0.000000360. The van der Waals surface area contributed by atoms with Gasteiger partial charge in [-0.1, -0.05) is 6.07 Å². The van der Waals surface area contributed by atoms with E-state index in [1.165, 1.54) is 4.88 Å². The van der Waals surface area contributed by atoms with Crippen molar-refractivity contribution < 1.29 is 0 Å². The van der Waals surface area contributed by atoms with Crippen molar-refractivity contribution >= 4 is 19.7 Å². The van der Waals surface area contributed by atoms with Crippen LogP contribution in [0.5, 0.6) is 0 Å². The first-order valence-electron chi connectivity index (χ1n) is 1.90. The molecule has 0 N–H and O–H groups in total. The van der Waals surface area contributed by atoms with Crippen LogP contribution in [0.2, 0.25) is 0 Å². The fraction of sp³-hybridized carbons (Fsp3) is 0.200. The number of hydrogen-bond acceptors (Lipinski definition) is 1. The first kappa shape index (κ1) is 6.76. The summed E-state index contributed by atoms with van der Waals surface area (Å²) >= 11 is 1.78. The van der Waals surface area contributed by atoms with Crippen LogP contribution in [-0.4, -0.2) is 8.41 Å². The van der Waals surface area contributed by atoms with Gasteiger partial charge in [-0.05, 0) is 18.4 Å². The number of aryl methyl sites for hydroxylation is 1. The third kappa shape index (κ3) is 1.79. The van der Waals surface area contributed by atoms with Gasteiger partial charge in [-0.15, -0.1) is 11.3 Å². The SMILES string of the molecule is Cc1cccs1.[B]. The zero-order valence-electron chi connectivity index (χ0n) is 4.22. The smallest absolute Gasteiger partial charge is 0.00141 e. The molecule has 0 aromatic carbocycles. The predicted molar refractivity (Wildman–Crippen MR) is 34.8 cm³/mol. The van der Waals surface area contributed by atoms with Crippen LogP contribution in [0.3, 0.4) is 0 Å². The molecule has 0 unspecified atom stereocenters. The summed E-state index contributed by atoms with van der Waals surface area (Å²) in [4.78, 5) is 1.38. The normalized spacial score (nSPS) is 7.57. The molecule has 35 valence electrons. The average Bonchev–Trinajstić information content (AvgIpc) is 1.86. The molecule has 1 aromatic heterocycles. The van der Waals surface area contributed by atoms with Crippen LogP contribution in [0, 0.1) is 6.92 Å². The second-order valence-corrected chi connectivity index (χ2v) is 2.38. The maximum atomic E-state index is 2.10. The molecule has 0 bridgehead atoms. The van der Waals surface area contributed by atoms with Gasteiger partial charge >= 0.3 is 0 Å². The average molecular weight is 109 g/mol. The third-order valence-electron chi connectivity index (χ3n) is 0.663. The Morgan fingerprint density at radius 3 is 2.43 bits per heavy atom. The van der Waals surface area contributed by atoms with Crippen LogP contribution >= 0.6 is 11.3 Å². The van der Waals surface area contributed by atoms with Crippen molar-refractivity contribution in [3.05, 3.63) is 22.4 Å². The molecule has 0 amide bonds. The van der Waals surface area contributed by atoms with Gasteiger partial charge in [0.2, 0.25) is 0 Å². The van der Waals surface area contributed by atoms with Crippen LogP contribution < -0.4 is 0 Å². The third-order valence-corrected chi connectivity index (χ3v) is 1.46. The Labute approximate surface area is 49.8 Å². The van der Waals surface area contributed by atoms with Crippen LogP contribution in [0.4, 0.5) is 0 Å². The highest BCUT2D eigenvalue weighted by molar-refractivity contribution is 7.09. The Morgan fingerprint density at radius 1 is 1.57 bits per heavy atom. The van der Waals surface area contributed by atoms with E-state index in [0.29, 0.717) is 0 Å². The standard InChI is InChI=1S/C5H6S.B/c1-5-3-2-4-6-5;/h2-4H,1H3;. The van der Waals surface area contributed by atoms with Gasteiger partial charge in [-0.3, -0.25) is 0 Å². The van der Waals surface area contributed by atoms with E-state index in [1.54, 1.807) is 11.3 Å². The van der Waals surface area contributed by atoms with E-state index in [9.17, 15) is 0 Å². The molecule has 0 spiro atoms. The van der Waals surface area contributed by atoms with E-state index in [4.69, 9.17) is 0 Å². The summed E-state index contributed by atoms with van der Waals surface area (Å²) in [5, 5.41) is 2.08. The van der Waals surface area contributed by atoms with Crippen molar-refractivity contribution in [3.8, 4) is 0 Å². The van der Waals surface area contributed by atoms with Crippen molar-refractivity contribution in [1.82, 2.24) is 0 Å². The van der Waals surface area contributed by atoms with Crippen molar-refractivity contribution in [3.63, 3.8) is 0 Å². The van der Waals surface area contributed by atoms with Crippen molar-refractivity contribution in [2.45, 2.75) is 6.92 Å². The molecule has 0 saturated heterocycles. The summed E-state index contributed by atoms with van der Waals surface area (Å²) in [6.07, 6.45) is 0.